The Morgan fingerprint density at radius 2 is 1.91 bits per heavy atom. The van der Waals surface area contributed by atoms with E-state index in [1.54, 1.807) is 0 Å². The van der Waals surface area contributed by atoms with Gasteiger partial charge in [-0.3, -0.25) is 4.79 Å². The zero-order valence-corrected chi connectivity index (χ0v) is 21.1. The van der Waals surface area contributed by atoms with Crippen molar-refractivity contribution in [1.29, 1.82) is 0 Å². The number of aryl methyl sites for hydroxylation is 2. The monoisotopic (exact) mass is 467 g/mol. The molecule has 32 heavy (non-hydrogen) atoms. The molecule has 1 saturated heterocycles. The molecule has 2 aromatic carbocycles. The number of nitrogens with zero attached hydrogens (tertiary/aromatic N) is 2. The van der Waals surface area contributed by atoms with Gasteiger partial charge in [-0.2, -0.15) is 0 Å². The number of carbonyl (C=O) groups excluding carboxylic acids is 1. The fourth-order valence-electron chi connectivity index (χ4n) is 4.98. The largest absolute Gasteiger partial charge is 0.366 e. The predicted molar refractivity (Wildman–Crippen MR) is 138 cm³/mol. The van der Waals surface area contributed by atoms with E-state index in [0.29, 0.717) is 21.0 Å². The number of aliphatic imine (C=N–C) groups is 1. The van der Waals surface area contributed by atoms with E-state index < -0.39 is 0 Å². The van der Waals surface area contributed by atoms with Gasteiger partial charge in [0.1, 0.15) is 0 Å². The lowest BCUT2D eigenvalue weighted by molar-refractivity contribution is -0.115. The molecule has 1 atom stereocenters. The molecule has 1 amide bonds. The molecule has 4 nitrogen and oxygen atoms in total. The number of amides is 1. The van der Waals surface area contributed by atoms with Crippen LogP contribution in [-0.4, -0.2) is 23.2 Å². The van der Waals surface area contributed by atoms with Crippen molar-refractivity contribution < 1.29 is 4.79 Å². The number of thioether (sulfide) groups is 1. The number of hydrogen-bond donors (Lipinski definition) is 1. The first-order chi connectivity index (χ1) is 15.1. The molecule has 1 unspecified atom stereocenters. The molecule has 2 heterocycles. The summed E-state index contributed by atoms with van der Waals surface area (Å²) in [7, 11) is 0. The molecule has 0 aliphatic carbocycles. The van der Waals surface area contributed by atoms with Gasteiger partial charge in [0.25, 0.3) is 5.91 Å². The molecule has 4 rings (SSSR count). The average molecular weight is 468 g/mol. The van der Waals surface area contributed by atoms with Gasteiger partial charge < -0.3 is 10.2 Å². The third-order valence-corrected chi connectivity index (χ3v) is 7.43. The van der Waals surface area contributed by atoms with Crippen molar-refractivity contribution in [3.8, 4) is 0 Å². The Balaban J connectivity index is 1.67. The van der Waals surface area contributed by atoms with Crippen molar-refractivity contribution in [2.75, 3.05) is 11.4 Å². The number of halogens is 1. The molecule has 2 aromatic rings. The van der Waals surface area contributed by atoms with E-state index in [4.69, 9.17) is 11.6 Å². The average Bonchev–Trinajstić information content (AvgIpc) is 3.00. The summed E-state index contributed by atoms with van der Waals surface area (Å²) in [5.41, 5.74) is 6.58. The van der Waals surface area contributed by atoms with Gasteiger partial charge in [-0.15, -0.1) is 0 Å². The van der Waals surface area contributed by atoms with E-state index in [1.165, 1.54) is 23.0 Å². The molecular formula is C26H30ClN3OS. The Bertz CT molecular complexity index is 1130. The van der Waals surface area contributed by atoms with Crippen LogP contribution in [0.1, 0.15) is 62.3 Å². The van der Waals surface area contributed by atoms with Crippen molar-refractivity contribution >= 4 is 51.9 Å². The quantitative estimate of drug-likeness (QED) is 0.496. The smallest absolute Gasteiger partial charge is 0.264 e. The van der Waals surface area contributed by atoms with Crippen LogP contribution >= 0.6 is 23.4 Å². The number of anilines is 1. The van der Waals surface area contributed by atoms with Gasteiger partial charge in [0.05, 0.1) is 10.6 Å². The molecule has 0 aromatic heterocycles. The molecule has 0 bridgehead atoms. The molecule has 6 heteroatoms. The van der Waals surface area contributed by atoms with Crippen molar-refractivity contribution in [3.05, 3.63) is 62.5 Å². The second kappa shape index (κ2) is 8.60. The van der Waals surface area contributed by atoms with Crippen LogP contribution in [0.3, 0.4) is 0 Å². The van der Waals surface area contributed by atoms with Crippen LogP contribution in [0.2, 0.25) is 5.02 Å². The standard InChI is InChI=1S/C26H30ClN3OS/c1-7-30-22-13-21(27)18(11-20(22)17(4)14-26(30,5)6)12-23-24(31)29-25(32-23)28-19-9-15(2)8-16(3)10-19/h8-13,17H,7,14H2,1-6H3,(H,28,29,31)/b23-12+. The summed E-state index contributed by atoms with van der Waals surface area (Å²) in [6.45, 7) is 14.0. The first-order valence-corrected chi connectivity index (χ1v) is 12.3. The Morgan fingerprint density at radius 3 is 2.56 bits per heavy atom. The van der Waals surface area contributed by atoms with Gasteiger partial charge in [-0.25, -0.2) is 4.99 Å². The van der Waals surface area contributed by atoms with Crippen LogP contribution in [0.15, 0.2) is 40.2 Å². The molecule has 0 saturated carbocycles. The Morgan fingerprint density at radius 1 is 1.22 bits per heavy atom. The second-order valence-corrected chi connectivity index (χ2v) is 10.9. The molecule has 2 aliphatic rings. The summed E-state index contributed by atoms with van der Waals surface area (Å²) in [6.07, 6.45) is 2.96. The minimum atomic E-state index is -0.142. The van der Waals surface area contributed by atoms with Gasteiger partial charge in [-0.1, -0.05) is 24.6 Å². The van der Waals surface area contributed by atoms with Gasteiger partial charge in [-0.05, 0) is 111 Å². The van der Waals surface area contributed by atoms with Crippen molar-refractivity contribution in [2.24, 2.45) is 4.99 Å². The van der Waals surface area contributed by atoms with Gasteiger partial charge >= 0.3 is 0 Å². The number of hydrogen-bond acceptors (Lipinski definition) is 4. The second-order valence-electron chi connectivity index (χ2n) is 9.42. The first-order valence-electron chi connectivity index (χ1n) is 11.1. The van der Waals surface area contributed by atoms with Gasteiger partial charge in [0.2, 0.25) is 0 Å². The van der Waals surface area contributed by atoms with E-state index >= 15 is 0 Å². The SMILES string of the molecule is CCN1c2cc(Cl)c(/C=C3/SC(=Nc4cc(C)cc(C)c4)NC3=O)cc2C(C)CC1(C)C. The van der Waals surface area contributed by atoms with Crippen LogP contribution in [-0.2, 0) is 4.79 Å². The van der Waals surface area contributed by atoms with Crippen LogP contribution in [0.4, 0.5) is 11.4 Å². The van der Waals surface area contributed by atoms with E-state index in [-0.39, 0.29) is 11.4 Å². The molecule has 1 fully saturated rings. The number of fused-ring (bicyclic) bond motifs is 1. The van der Waals surface area contributed by atoms with Gasteiger partial charge in [0, 0.05) is 22.8 Å². The molecule has 0 radical (unpaired) electrons. The normalized spacial score (nSPS) is 22.4. The first kappa shape index (κ1) is 22.9. The predicted octanol–water partition coefficient (Wildman–Crippen LogP) is 6.96. The summed E-state index contributed by atoms with van der Waals surface area (Å²) in [4.78, 5) is 20.3. The van der Waals surface area contributed by atoms with Crippen molar-refractivity contribution in [2.45, 2.75) is 59.4 Å². The van der Waals surface area contributed by atoms with Crippen LogP contribution in [0.25, 0.3) is 6.08 Å². The fourth-order valence-corrected chi connectivity index (χ4v) is 6.03. The summed E-state index contributed by atoms with van der Waals surface area (Å²) >= 11 is 8.06. The number of carbonyl (C=O) groups is 1. The van der Waals surface area contributed by atoms with E-state index in [9.17, 15) is 4.79 Å². The third kappa shape index (κ3) is 4.46. The number of nitrogens with one attached hydrogen (secondary N) is 1. The maximum Gasteiger partial charge on any atom is 0.264 e. The van der Waals surface area contributed by atoms with E-state index in [1.807, 2.05) is 32.1 Å². The molecule has 168 valence electrons. The van der Waals surface area contributed by atoms with Crippen LogP contribution in [0.5, 0.6) is 0 Å². The molecular weight excluding hydrogens is 438 g/mol. The zero-order chi connectivity index (χ0) is 23.2. The molecule has 2 aliphatic heterocycles. The number of benzene rings is 2. The van der Waals surface area contributed by atoms with Crippen LogP contribution < -0.4 is 10.2 Å². The molecule has 0 spiro atoms. The highest BCUT2D eigenvalue weighted by atomic mass is 35.5. The molecule has 1 N–H and O–H groups in total. The maximum absolute atomic E-state index is 12.6. The minimum Gasteiger partial charge on any atom is -0.366 e. The summed E-state index contributed by atoms with van der Waals surface area (Å²) in [6, 6.07) is 10.3. The summed E-state index contributed by atoms with van der Waals surface area (Å²) < 4.78 is 0. The van der Waals surface area contributed by atoms with E-state index in [2.05, 4.69) is 61.1 Å². The third-order valence-electron chi connectivity index (χ3n) is 6.19. The topological polar surface area (TPSA) is 44.7 Å². The summed E-state index contributed by atoms with van der Waals surface area (Å²) in [5.74, 6) is 0.278. The highest BCUT2D eigenvalue weighted by Crippen LogP contribution is 2.45. The van der Waals surface area contributed by atoms with Gasteiger partial charge in [0.15, 0.2) is 5.17 Å². The Hall–Kier alpha value is -2.24. The van der Waals surface area contributed by atoms with Crippen molar-refractivity contribution in [3.63, 3.8) is 0 Å². The highest BCUT2D eigenvalue weighted by molar-refractivity contribution is 8.18. The highest BCUT2D eigenvalue weighted by Gasteiger charge is 2.36. The fraction of sp³-hybridized carbons (Fsp3) is 0.385. The lowest BCUT2D eigenvalue weighted by Gasteiger charge is -2.47. The zero-order valence-electron chi connectivity index (χ0n) is 19.5. The minimum absolute atomic E-state index is 0.0885. The number of amidine groups is 1. The number of rotatable bonds is 3. The lowest BCUT2D eigenvalue weighted by Crippen LogP contribution is -2.48. The maximum atomic E-state index is 12.6. The Kier molecular flexibility index (Phi) is 6.17. The van der Waals surface area contributed by atoms with Crippen molar-refractivity contribution in [1.82, 2.24) is 5.32 Å². The Labute approximate surface area is 200 Å². The van der Waals surface area contributed by atoms with E-state index in [0.717, 1.165) is 35.3 Å². The summed E-state index contributed by atoms with van der Waals surface area (Å²) in [5, 5.41) is 4.13. The lowest BCUT2D eigenvalue weighted by atomic mass is 9.79. The van der Waals surface area contributed by atoms with Crippen LogP contribution in [0, 0.1) is 13.8 Å².